The molecule has 0 spiro atoms. The van der Waals surface area contributed by atoms with Gasteiger partial charge in [-0.25, -0.2) is 9.97 Å². The van der Waals surface area contributed by atoms with E-state index in [9.17, 15) is 0 Å². The summed E-state index contributed by atoms with van der Waals surface area (Å²) in [6, 6.07) is 11.5. The van der Waals surface area contributed by atoms with Crippen molar-refractivity contribution in [2.45, 2.75) is 18.8 Å². The predicted octanol–water partition coefficient (Wildman–Crippen LogP) is 3.61. The summed E-state index contributed by atoms with van der Waals surface area (Å²) >= 11 is 0. The summed E-state index contributed by atoms with van der Waals surface area (Å²) in [5.74, 6) is 1.87. The lowest BCUT2D eigenvalue weighted by Crippen LogP contribution is -1.99. The second-order valence-corrected chi connectivity index (χ2v) is 6.12. The normalized spacial score (nSPS) is 13.2. The molecule has 3 aromatic rings. The number of aromatic nitrogens is 3. The molecular formula is C19H16N6. The fraction of sp³-hybridized carbons (Fsp3) is 0.158. The Morgan fingerprint density at radius 3 is 2.76 bits per heavy atom. The maximum atomic E-state index is 9.03. The number of nitrogens with two attached hydrogens (primary N) is 1. The summed E-state index contributed by atoms with van der Waals surface area (Å²) in [6.45, 7) is 0. The Bertz CT molecular complexity index is 972. The Hall–Kier alpha value is -3.46. The number of hydrogen-bond acceptors (Lipinski definition) is 6. The Balaban J connectivity index is 1.73. The molecule has 122 valence electrons. The van der Waals surface area contributed by atoms with Crippen LogP contribution in [-0.2, 0) is 0 Å². The molecule has 4 rings (SSSR count). The third-order valence-electron chi connectivity index (χ3n) is 4.10. The van der Waals surface area contributed by atoms with Gasteiger partial charge in [0.05, 0.1) is 23.0 Å². The van der Waals surface area contributed by atoms with Crippen LogP contribution < -0.4 is 11.1 Å². The molecule has 0 unspecified atom stereocenters. The highest BCUT2D eigenvalue weighted by atomic mass is 15.1. The lowest BCUT2D eigenvalue weighted by atomic mass is 10.1. The number of nitrogen functional groups attached to an aromatic ring is 1. The van der Waals surface area contributed by atoms with Gasteiger partial charge < -0.3 is 11.1 Å². The van der Waals surface area contributed by atoms with Crippen molar-refractivity contribution in [1.82, 2.24) is 15.0 Å². The zero-order valence-electron chi connectivity index (χ0n) is 13.5. The molecule has 0 bridgehead atoms. The molecule has 0 amide bonds. The van der Waals surface area contributed by atoms with Crippen molar-refractivity contribution in [2.24, 2.45) is 0 Å². The molecule has 0 aliphatic heterocycles. The van der Waals surface area contributed by atoms with E-state index in [-0.39, 0.29) is 0 Å². The van der Waals surface area contributed by atoms with E-state index >= 15 is 0 Å². The molecule has 0 saturated heterocycles. The fourth-order valence-corrected chi connectivity index (χ4v) is 2.71. The number of pyridine rings is 3. The first-order valence-electron chi connectivity index (χ1n) is 8.07. The van der Waals surface area contributed by atoms with E-state index < -0.39 is 0 Å². The summed E-state index contributed by atoms with van der Waals surface area (Å²) in [5.41, 5.74) is 9.95. The Labute approximate surface area is 145 Å². The molecule has 1 aliphatic carbocycles. The summed E-state index contributed by atoms with van der Waals surface area (Å²) in [6.07, 6.45) is 7.37. The van der Waals surface area contributed by atoms with E-state index in [1.807, 2.05) is 12.1 Å². The van der Waals surface area contributed by atoms with Crippen LogP contribution in [0.2, 0.25) is 0 Å². The summed E-state index contributed by atoms with van der Waals surface area (Å²) in [4.78, 5) is 13.1. The van der Waals surface area contributed by atoms with Gasteiger partial charge in [0.25, 0.3) is 0 Å². The van der Waals surface area contributed by atoms with E-state index in [2.05, 4.69) is 32.4 Å². The highest BCUT2D eigenvalue weighted by Crippen LogP contribution is 2.42. The molecule has 1 saturated carbocycles. The standard InChI is InChI=1S/C19H16N6/c20-9-12-3-4-23-18(5-12)25-19-8-14(13-1-2-13)7-17(24-19)15-6-16(21)11-22-10-15/h3-8,10-11,13H,1-2,21H2,(H,23,24,25). The fourth-order valence-electron chi connectivity index (χ4n) is 2.71. The zero-order chi connectivity index (χ0) is 17.2. The highest BCUT2D eigenvalue weighted by molar-refractivity contribution is 5.67. The number of anilines is 3. The van der Waals surface area contributed by atoms with Gasteiger partial charge in [0.2, 0.25) is 0 Å². The van der Waals surface area contributed by atoms with E-state index in [1.54, 1.807) is 30.7 Å². The van der Waals surface area contributed by atoms with Gasteiger partial charge in [0.1, 0.15) is 11.6 Å². The van der Waals surface area contributed by atoms with E-state index in [4.69, 9.17) is 11.0 Å². The third kappa shape index (κ3) is 3.40. The van der Waals surface area contributed by atoms with Crippen molar-refractivity contribution in [3.05, 3.63) is 60.0 Å². The predicted molar refractivity (Wildman–Crippen MR) is 96.1 cm³/mol. The topological polar surface area (TPSA) is 101 Å². The molecule has 6 nitrogen and oxygen atoms in total. The minimum atomic E-state index is 0.552. The number of nitrogens with one attached hydrogen (secondary N) is 1. The number of rotatable bonds is 4. The van der Waals surface area contributed by atoms with Crippen molar-refractivity contribution >= 4 is 17.3 Å². The van der Waals surface area contributed by atoms with Crippen LogP contribution in [-0.4, -0.2) is 15.0 Å². The molecule has 0 radical (unpaired) electrons. The second kappa shape index (κ2) is 6.21. The SMILES string of the molecule is N#Cc1ccnc(Nc2cc(C3CC3)cc(-c3cncc(N)c3)n2)c1. The first-order valence-corrected chi connectivity index (χ1v) is 8.07. The molecular weight excluding hydrogens is 312 g/mol. The largest absolute Gasteiger partial charge is 0.397 e. The van der Waals surface area contributed by atoms with E-state index in [0.29, 0.717) is 28.8 Å². The van der Waals surface area contributed by atoms with Gasteiger partial charge >= 0.3 is 0 Å². The van der Waals surface area contributed by atoms with Gasteiger partial charge in [0, 0.05) is 24.2 Å². The number of nitriles is 1. The summed E-state index contributed by atoms with van der Waals surface area (Å²) < 4.78 is 0. The van der Waals surface area contributed by atoms with Crippen LogP contribution in [0.4, 0.5) is 17.3 Å². The van der Waals surface area contributed by atoms with Crippen molar-refractivity contribution in [2.75, 3.05) is 11.1 Å². The lowest BCUT2D eigenvalue weighted by Gasteiger charge is -2.10. The van der Waals surface area contributed by atoms with Crippen LogP contribution in [0.5, 0.6) is 0 Å². The van der Waals surface area contributed by atoms with Gasteiger partial charge in [-0.2, -0.15) is 5.26 Å². The Kier molecular flexibility index (Phi) is 3.75. The average molecular weight is 328 g/mol. The van der Waals surface area contributed by atoms with Crippen LogP contribution >= 0.6 is 0 Å². The molecule has 3 aromatic heterocycles. The molecule has 3 N–H and O–H groups in total. The minimum absolute atomic E-state index is 0.552. The molecule has 3 heterocycles. The van der Waals surface area contributed by atoms with Crippen LogP contribution in [0.25, 0.3) is 11.3 Å². The van der Waals surface area contributed by atoms with Gasteiger partial charge in [-0.05, 0) is 54.7 Å². The highest BCUT2D eigenvalue weighted by Gasteiger charge is 2.25. The monoisotopic (exact) mass is 328 g/mol. The quantitative estimate of drug-likeness (QED) is 0.758. The van der Waals surface area contributed by atoms with Gasteiger partial charge in [-0.1, -0.05) is 0 Å². The molecule has 1 aliphatic rings. The van der Waals surface area contributed by atoms with Gasteiger partial charge in [0.15, 0.2) is 0 Å². The van der Waals surface area contributed by atoms with Crippen LogP contribution in [0, 0.1) is 11.3 Å². The van der Waals surface area contributed by atoms with Gasteiger partial charge in [-0.15, -0.1) is 0 Å². The summed E-state index contributed by atoms with van der Waals surface area (Å²) in [5, 5.41) is 12.2. The molecule has 0 aromatic carbocycles. The molecule has 25 heavy (non-hydrogen) atoms. The maximum Gasteiger partial charge on any atom is 0.132 e. The van der Waals surface area contributed by atoms with Gasteiger partial charge in [-0.3, -0.25) is 4.98 Å². The smallest absolute Gasteiger partial charge is 0.132 e. The average Bonchev–Trinajstić information content (AvgIpc) is 3.47. The number of hydrogen-bond donors (Lipinski definition) is 2. The van der Waals surface area contributed by atoms with Crippen molar-refractivity contribution in [1.29, 1.82) is 5.26 Å². The van der Waals surface area contributed by atoms with Crippen LogP contribution in [0.15, 0.2) is 48.9 Å². The number of nitrogens with zero attached hydrogens (tertiary/aromatic N) is 4. The third-order valence-corrected chi connectivity index (χ3v) is 4.10. The molecule has 1 fully saturated rings. The van der Waals surface area contributed by atoms with Crippen LogP contribution in [0.1, 0.15) is 29.9 Å². The lowest BCUT2D eigenvalue weighted by molar-refractivity contribution is 1.11. The van der Waals surface area contributed by atoms with Crippen LogP contribution in [0.3, 0.4) is 0 Å². The second-order valence-electron chi connectivity index (χ2n) is 6.12. The van der Waals surface area contributed by atoms with Crippen molar-refractivity contribution in [3.63, 3.8) is 0 Å². The van der Waals surface area contributed by atoms with Crippen molar-refractivity contribution < 1.29 is 0 Å². The molecule has 0 atom stereocenters. The maximum absolute atomic E-state index is 9.03. The van der Waals surface area contributed by atoms with E-state index in [1.165, 1.54) is 18.4 Å². The molecule has 6 heteroatoms. The minimum Gasteiger partial charge on any atom is -0.397 e. The Morgan fingerprint density at radius 1 is 1.12 bits per heavy atom. The van der Waals surface area contributed by atoms with Crippen molar-refractivity contribution in [3.8, 4) is 17.3 Å². The zero-order valence-corrected chi connectivity index (χ0v) is 13.5. The first-order chi connectivity index (χ1) is 12.2. The Morgan fingerprint density at radius 2 is 2.00 bits per heavy atom. The van der Waals surface area contributed by atoms with E-state index in [0.717, 1.165) is 11.3 Å². The summed E-state index contributed by atoms with van der Waals surface area (Å²) in [7, 11) is 0. The first kappa shape index (κ1) is 15.1.